The number of nitrogens with two attached hydrogens (primary N) is 1. The molecule has 2 N–H and O–H groups in total. The summed E-state index contributed by atoms with van der Waals surface area (Å²) in [6, 6.07) is 12.7. The average molecular weight is 257 g/mol. The van der Waals surface area contributed by atoms with Gasteiger partial charge >= 0.3 is 0 Å². The Morgan fingerprint density at radius 1 is 1.11 bits per heavy atom. The minimum Gasteiger partial charge on any atom is -0.490 e. The molecule has 2 aromatic rings. The van der Waals surface area contributed by atoms with Gasteiger partial charge in [-0.2, -0.15) is 0 Å². The van der Waals surface area contributed by atoms with Gasteiger partial charge in [-0.3, -0.25) is 0 Å². The van der Waals surface area contributed by atoms with Crippen molar-refractivity contribution in [1.29, 1.82) is 0 Å². The monoisotopic (exact) mass is 257 g/mol. The van der Waals surface area contributed by atoms with Crippen molar-refractivity contribution in [3.05, 3.63) is 42.0 Å². The molecule has 0 fully saturated rings. The van der Waals surface area contributed by atoms with E-state index in [1.165, 1.54) is 16.3 Å². The molecule has 19 heavy (non-hydrogen) atoms. The highest BCUT2D eigenvalue weighted by molar-refractivity contribution is 5.87. The summed E-state index contributed by atoms with van der Waals surface area (Å²) in [7, 11) is 0. The fourth-order valence-electron chi connectivity index (χ4n) is 2.26. The lowest BCUT2D eigenvalue weighted by Gasteiger charge is -2.19. The van der Waals surface area contributed by atoms with Gasteiger partial charge in [-0.25, -0.2) is 0 Å². The van der Waals surface area contributed by atoms with Crippen LogP contribution in [0.25, 0.3) is 10.8 Å². The number of benzene rings is 2. The van der Waals surface area contributed by atoms with E-state index in [1.54, 1.807) is 0 Å². The summed E-state index contributed by atoms with van der Waals surface area (Å²) in [6.07, 6.45) is 2.07. The second-order valence-corrected chi connectivity index (χ2v) is 5.28. The standard InChI is InChI=1S/C17H23NO/c1-4-13(3)19-17-10-9-14-7-5-6-8-15(14)16(17)11-12(2)18/h5-10,12-13H,4,11,18H2,1-3H3. The maximum Gasteiger partial charge on any atom is 0.123 e. The van der Waals surface area contributed by atoms with E-state index in [2.05, 4.69) is 50.2 Å². The lowest BCUT2D eigenvalue weighted by Crippen LogP contribution is -2.19. The van der Waals surface area contributed by atoms with Crippen LogP contribution in [-0.4, -0.2) is 12.1 Å². The van der Waals surface area contributed by atoms with Crippen molar-refractivity contribution in [2.24, 2.45) is 5.73 Å². The highest BCUT2D eigenvalue weighted by Gasteiger charge is 2.12. The second kappa shape index (κ2) is 6.07. The van der Waals surface area contributed by atoms with Crippen LogP contribution in [-0.2, 0) is 6.42 Å². The first kappa shape index (κ1) is 13.9. The van der Waals surface area contributed by atoms with Gasteiger partial charge in [0.2, 0.25) is 0 Å². The molecule has 0 saturated heterocycles. The lowest BCUT2D eigenvalue weighted by atomic mass is 9.98. The Morgan fingerprint density at radius 3 is 2.53 bits per heavy atom. The molecular formula is C17H23NO. The number of rotatable bonds is 5. The fourth-order valence-corrected chi connectivity index (χ4v) is 2.26. The maximum atomic E-state index is 6.05. The molecule has 2 heteroatoms. The van der Waals surface area contributed by atoms with E-state index in [4.69, 9.17) is 10.5 Å². The third-order valence-electron chi connectivity index (χ3n) is 3.43. The molecule has 0 aliphatic carbocycles. The first-order valence-electron chi connectivity index (χ1n) is 7.04. The zero-order chi connectivity index (χ0) is 13.8. The Bertz CT molecular complexity index is 548. The molecule has 0 aliphatic rings. The summed E-state index contributed by atoms with van der Waals surface area (Å²) in [6.45, 7) is 6.27. The van der Waals surface area contributed by atoms with Crippen LogP contribution in [0, 0.1) is 0 Å². The molecule has 102 valence electrons. The predicted molar refractivity (Wildman–Crippen MR) is 81.7 cm³/mol. The zero-order valence-corrected chi connectivity index (χ0v) is 12.0. The summed E-state index contributed by atoms with van der Waals surface area (Å²) >= 11 is 0. The van der Waals surface area contributed by atoms with Crippen molar-refractivity contribution in [2.45, 2.75) is 45.8 Å². The van der Waals surface area contributed by atoms with Gasteiger partial charge in [0.25, 0.3) is 0 Å². The van der Waals surface area contributed by atoms with E-state index in [9.17, 15) is 0 Å². The summed E-state index contributed by atoms with van der Waals surface area (Å²) < 4.78 is 6.05. The van der Waals surface area contributed by atoms with E-state index < -0.39 is 0 Å². The Labute approximate surface area is 115 Å². The van der Waals surface area contributed by atoms with Crippen molar-refractivity contribution in [2.75, 3.05) is 0 Å². The van der Waals surface area contributed by atoms with Crippen molar-refractivity contribution >= 4 is 10.8 Å². The molecule has 0 aromatic heterocycles. The second-order valence-electron chi connectivity index (χ2n) is 5.28. The topological polar surface area (TPSA) is 35.2 Å². The highest BCUT2D eigenvalue weighted by atomic mass is 16.5. The highest BCUT2D eigenvalue weighted by Crippen LogP contribution is 2.30. The van der Waals surface area contributed by atoms with Crippen molar-refractivity contribution < 1.29 is 4.74 Å². The molecule has 0 saturated carbocycles. The van der Waals surface area contributed by atoms with Crippen LogP contribution >= 0.6 is 0 Å². The van der Waals surface area contributed by atoms with Crippen LogP contribution in [0.4, 0.5) is 0 Å². The summed E-state index contributed by atoms with van der Waals surface area (Å²) in [4.78, 5) is 0. The van der Waals surface area contributed by atoms with Gasteiger partial charge in [0, 0.05) is 11.6 Å². The van der Waals surface area contributed by atoms with E-state index in [1.807, 2.05) is 6.92 Å². The van der Waals surface area contributed by atoms with Crippen LogP contribution < -0.4 is 10.5 Å². The molecule has 0 bridgehead atoms. The van der Waals surface area contributed by atoms with Gasteiger partial charge in [0.1, 0.15) is 5.75 Å². The molecule has 0 radical (unpaired) electrons. The Balaban J connectivity index is 2.49. The lowest BCUT2D eigenvalue weighted by molar-refractivity contribution is 0.215. The quantitative estimate of drug-likeness (QED) is 0.881. The number of hydrogen-bond acceptors (Lipinski definition) is 2. The summed E-state index contributed by atoms with van der Waals surface area (Å²) in [5, 5.41) is 2.50. The van der Waals surface area contributed by atoms with Gasteiger partial charge < -0.3 is 10.5 Å². The van der Waals surface area contributed by atoms with Gasteiger partial charge in [-0.1, -0.05) is 37.3 Å². The third kappa shape index (κ3) is 3.27. The molecule has 0 amide bonds. The predicted octanol–water partition coefficient (Wildman–Crippen LogP) is 3.91. The van der Waals surface area contributed by atoms with Crippen molar-refractivity contribution in [3.8, 4) is 5.75 Å². The maximum absolute atomic E-state index is 6.05. The number of hydrogen-bond donors (Lipinski definition) is 1. The van der Waals surface area contributed by atoms with E-state index in [-0.39, 0.29) is 12.1 Å². The fraction of sp³-hybridized carbons (Fsp3) is 0.412. The Kier molecular flexibility index (Phi) is 4.43. The number of ether oxygens (including phenoxy) is 1. The number of fused-ring (bicyclic) bond motifs is 1. The summed E-state index contributed by atoms with van der Waals surface area (Å²) in [5.41, 5.74) is 7.22. The van der Waals surface area contributed by atoms with Crippen LogP contribution in [0.5, 0.6) is 5.75 Å². The van der Waals surface area contributed by atoms with E-state index in [0.717, 1.165) is 18.6 Å². The molecule has 2 aromatic carbocycles. The van der Waals surface area contributed by atoms with Crippen molar-refractivity contribution in [1.82, 2.24) is 0 Å². The normalized spacial score (nSPS) is 14.3. The average Bonchev–Trinajstić information content (AvgIpc) is 2.40. The molecule has 0 heterocycles. The van der Waals surface area contributed by atoms with Gasteiger partial charge in [0.05, 0.1) is 6.10 Å². The molecule has 0 aliphatic heterocycles. The molecule has 2 atom stereocenters. The smallest absolute Gasteiger partial charge is 0.123 e. The Hall–Kier alpha value is -1.54. The molecule has 2 nitrogen and oxygen atoms in total. The minimum atomic E-state index is 0.130. The first-order valence-corrected chi connectivity index (χ1v) is 7.04. The van der Waals surface area contributed by atoms with Crippen molar-refractivity contribution in [3.63, 3.8) is 0 Å². The largest absolute Gasteiger partial charge is 0.490 e. The molecule has 0 spiro atoms. The summed E-state index contributed by atoms with van der Waals surface area (Å²) in [5.74, 6) is 0.977. The first-order chi connectivity index (χ1) is 9.11. The SMILES string of the molecule is CCC(C)Oc1ccc2ccccc2c1CC(C)N. The van der Waals surface area contributed by atoms with Gasteiger partial charge in [-0.15, -0.1) is 0 Å². The molecule has 2 unspecified atom stereocenters. The van der Waals surface area contributed by atoms with Crippen LogP contribution in [0.3, 0.4) is 0 Å². The molecule has 2 rings (SSSR count). The molecular weight excluding hydrogens is 234 g/mol. The Morgan fingerprint density at radius 2 is 1.84 bits per heavy atom. The van der Waals surface area contributed by atoms with Gasteiger partial charge in [-0.05, 0) is 43.5 Å². The van der Waals surface area contributed by atoms with Gasteiger partial charge in [0.15, 0.2) is 0 Å². The van der Waals surface area contributed by atoms with Crippen LogP contribution in [0.15, 0.2) is 36.4 Å². The zero-order valence-electron chi connectivity index (χ0n) is 12.0. The minimum absolute atomic E-state index is 0.130. The third-order valence-corrected chi connectivity index (χ3v) is 3.43. The van der Waals surface area contributed by atoms with Crippen LogP contribution in [0.2, 0.25) is 0 Å². The van der Waals surface area contributed by atoms with Crippen LogP contribution in [0.1, 0.15) is 32.8 Å². The van der Waals surface area contributed by atoms with E-state index in [0.29, 0.717) is 0 Å². The van der Waals surface area contributed by atoms with E-state index >= 15 is 0 Å².